The molecule has 4 rings (SSSR count). The van der Waals surface area contributed by atoms with Crippen molar-refractivity contribution in [1.82, 2.24) is 4.98 Å². The van der Waals surface area contributed by atoms with Crippen LogP contribution in [0.15, 0.2) is 48.8 Å². The standard InChI is InChI=1S/C24H23NO2S/c1-27-24(26)23-21(15-22(28-23)18-9-3-2-4-10-18)20-13-14-25-16-19(20)12-11-17-7-5-6-8-17/h2-4,9,13-18H,5-8,10H2,1H3. The van der Waals surface area contributed by atoms with E-state index in [0.717, 1.165) is 23.1 Å². The van der Waals surface area contributed by atoms with Crippen molar-refractivity contribution in [2.75, 3.05) is 7.11 Å². The Kier molecular flexibility index (Phi) is 5.73. The Morgan fingerprint density at radius 2 is 2.11 bits per heavy atom. The number of pyridine rings is 1. The molecule has 2 aliphatic carbocycles. The Bertz CT molecular complexity index is 984. The van der Waals surface area contributed by atoms with Gasteiger partial charge >= 0.3 is 5.97 Å². The average molecular weight is 390 g/mol. The van der Waals surface area contributed by atoms with Crippen LogP contribution in [0.3, 0.4) is 0 Å². The molecule has 0 aromatic carbocycles. The molecule has 2 aliphatic rings. The van der Waals surface area contributed by atoms with E-state index in [1.807, 2.05) is 6.07 Å². The van der Waals surface area contributed by atoms with Crippen molar-refractivity contribution in [2.24, 2.45) is 5.92 Å². The molecule has 0 bridgehead atoms. The van der Waals surface area contributed by atoms with E-state index in [1.54, 1.807) is 12.4 Å². The van der Waals surface area contributed by atoms with Crippen molar-refractivity contribution >= 4 is 17.3 Å². The molecule has 0 radical (unpaired) electrons. The molecule has 2 aromatic heterocycles. The van der Waals surface area contributed by atoms with Gasteiger partial charge in [-0.2, -0.15) is 0 Å². The van der Waals surface area contributed by atoms with Gasteiger partial charge in [0.2, 0.25) is 0 Å². The zero-order valence-corrected chi connectivity index (χ0v) is 16.8. The summed E-state index contributed by atoms with van der Waals surface area (Å²) in [4.78, 5) is 18.6. The molecule has 3 nitrogen and oxygen atoms in total. The number of carbonyl (C=O) groups is 1. The van der Waals surface area contributed by atoms with Gasteiger partial charge in [0.15, 0.2) is 0 Å². The van der Waals surface area contributed by atoms with Gasteiger partial charge in [-0.1, -0.05) is 49.0 Å². The highest BCUT2D eigenvalue weighted by atomic mass is 32.1. The number of rotatable bonds is 3. The first-order valence-electron chi connectivity index (χ1n) is 9.77. The smallest absolute Gasteiger partial charge is 0.348 e. The maximum absolute atomic E-state index is 12.5. The van der Waals surface area contributed by atoms with Gasteiger partial charge in [0.1, 0.15) is 4.88 Å². The van der Waals surface area contributed by atoms with Crippen molar-refractivity contribution in [2.45, 2.75) is 38.0 Å². The summed E-state index contributed by atoms with van der Waals surface area (Å²) in [6.45, 7) is 0. The lowest BCUT2D eigenvalue weighted by molar-refractivity contribution is 0.0607. The van der Waals surface area contributed by atoms with Crippen molar-refractivity contribution < 1.29 is 9.53 Å². The Morgan fingerprint density at radius 3 is 2.86 bits per heavy atom. The Balaban J connectivity index is 1.75. The van der Waals surface area contributed by atoms with E-state index < -0.39 is 0 Å². The van der Waals surface area contributed by atoms with E-state index >= 15 is 0 Å². The molecule has 0 amide bonds. The topological polar surface area (TPSA) is 39.2 Å². The van der Waals surface area contributed by atoms with E-state index in [2.05, 4.69) is 47.2 Å². The van der Waals surface area contributed by atoms with Crippen molar-refractivity contribution in [1.29, 1.82) is 0 Å². The number of allylic oxidation sites excluding steroid dienone is 4. The molecule has 0 saturated heterocycles. The molecular weight excluding hydrogens is 366 g/mol. The van der Waals surface area contributed by atoms with Gasteiger partial charge in [-0.05, 0) is 31.4 Å². The van der Waals surface area contributed by atoms with Gasteiger partial charge in [0.05, 0.1) is 12.7 Å². The monoisotopic (exact) mass is 389 g/mol. The van der Waals surface area contributed by atoms with Crippen LogP contribution >= 0.6 is 11.3 Å². The van der Waals surface area contributed by atoms with Crippen molar-refractivity contribution in [3.05, 3.63) is 64.1 Å². The maximum Gasteiger partial charge on any atom is 0.348 e. The van der Waals surface area contributed by atoms with Gasteiger partial charge < -0.3 is 4.74 Å². The third-order valence-corrected chi connectivity index (χ3v) is 6.59. The minimum atomic E-state index is -0.298. The maximum atomic E-state index is 12.5. The molecule has 142 valence electrons. The molecule has 1 fully saturated rings. The van der Waals surface area contributed by atoms with Gasteiger partial charge in [-0.25, -0.2) is 4.79 Å². The van der Waals surface area contributed by atoms with Crippen LogP contribution in [0.5, 0.6) is 0 Å². The van der Waals surface area contributed by atoms with Gasteiger partial charge in [-0.3, -0.25) is 4.98 Å². The van der Waals surface area contributed by atoms with E-state index in [9.17, 15) is 4.79 Å². The summed E-state index contributed by atoms with van der Waals surface area (Å²) in [6, 6.07) is 4.08. The van der Waals surface area contributed by atoms with E-state index in [4.69, 9.17) is 4.74 Å². The second-order valence-corrected chi connectivity index (χ2v) is 8.29. The molecule has 0 aliphatic heterocycles. The Labute approximate surface area is 170 Å². The Hall–Kier alpha value is -2.64. The molecule has 0 spiro atoms. The minimum Gasteiger partial charge on any atom is -0.465 e. The fourth-order valence-electron chi connectivity index (χ4n) is 3.81. The lowest BCUT2D eigenvalue weighted by Crippen LogP contribution is -2.00. The van der Waals surface area contributed by atoms with Crippen LogP contribution in [0, 0.1) is 17.8 Å². The first-order valence-corrected chi connectivity index (χ1v) is 10.6. The minimum absolute atomic E-state index is 0.294. The predicted molar refractivity (Wildman–Crippen MR) is 113 cm³/mol. The second-order valence-electron chi connectivity index (χ2n) is 7.21. The van der Waals surface area contributed by atoms with Gasteiger partial charge in [-0.15, -0.1) is 11.3 Å². The van der Waals surface area contributed by atoms with E-state index in [1.165, 1.54) is 49.0 Å². The number of hydrogen-bond acceptors (Lipinski definition) is 4. The lowest BCUT2D eigenvalue weighted by Gasteiger charge is -2.09. The van der Waals surface area contributed by atoms with Crippen molar-refractivity contribution in [3.8, 4) is 23.0 Å². The van der Waals surface area contributed by atoms with Gasteiger partial charge in [0, 0.05) is 40.2 Å². The SMILES string of the molecule is COC(=O)c1sc(C2C=CC=CC2)cc1-c1ccncc1C#CC1CCCC1. The summed E-state index contributed by atoms with van der Waals surface area (Å²) < 4.78 is 5.07. The highest BCUT2D eigenvalue weighted by molar-refractivity contribution is 7.14. The zero-order chi connectivity index (χ0) is 19.3. The number of methoxy groups -OCH3 is 1. The molecule has 4 heteroatoms. The molecule has 0 N–H and O–H groups in total. The van der Waals surface area contributed by atoms with Crippen LogP contribution in [-0.2, 0) is 4.74 Å². The summed E-state index contributed by atoms with van der Waals surface area (Å²) in [5.41, 5.74) is 2.73. The number of hydrogen-bond donors (Lipinski definition) is 0. The zero-order valence-electron chi connectivity index (χ0n) is 16.0. The highest BCUT2D eigenvalue weighted by Crippen LogP contribution is 2.39. The summed E-state index contributed by atoms with van der Waals surface area (Å²) in [5, 5.41) is 0. The molecule has 1 unspecified atom stereocenters. The third-order valence-electron chi connectivity index (χ3n) is 5.35. The van der Waals surface area contributed by atoms with Crippen LogP contribution < -0.4 is 0 Å². The number of esters is 1. The van der Waals surface area contributed by atoms with Gasteiger partial charge in [0.25, 0.3) is 0 Å². The second kappa shape index (κ2) is 8.58. The van der Waals surface area contributed by atoms with E-state index in [-0.39, 0.29) is 5.97 Å². The quantitative estimate of drug-likeness (QED) is 0.496. The fraction of sp³-hybridized carbons (Fsp3) is 0.333. The van der Waals surface area contributed by atoms with Crippen LogP contribution in [0.25, 0.3) is 11.1 Å². The number of thiophene rings is 1. The largest absolute Gasteiger partial charge is 0.465 e. The summed E-state index contributed by atoms with van der Waals surface area (Å²) in [7, 11) is 1.43. The summed E-state index contributed by atoms with van der Waals surface area (Å²) >= 11 is 1.52. The first kappa shape index (κ1) is 18.7. The molecular formula is C24H23NO2S. The van der Waals surface area contributed by atoms with Crippen LogP contribution in [-0.4, -0.2) is 18.1 Å². The predicted octanol–water partition coefficient (Wildman–Crippen LogP) is 5.74. The van der Waals surface area contributed by atoms with Crippen molar-refractivity contribution in [3.63, 3.8) is 0 Å². The van der Waals surface area contributed by atoms with Crippen LogP contribution in [0.4, 0.5) is 0 Å². The molecule has 2 heterocycles. The normalized spacial score (nSPS) is 18.7. The molecule has 2 aromatic rings. The molecule has 28 heavy (non-hydrogen) atoms. The number of aromatic nitrogens is 1. The lowest BCUT2D eigenvalue weighted by atomic mass is 9.96. The number of nitrogens with zero attached hydrogens (tertiary/aromatic N) is 1. The van der Waals surface area contributed by atoms with Crippen LogP contribution in [0.1, 0.15) is 58.1 Å². The molecule has 1 atom stereocenters. The van der Waals surface area contributed by atoms with E-state index in [0.29, 0.717) is 16.7 Å². The third kappa shape index (κ3) is 3.95. The average Bonchev–Trinajstić information content (AvgIpc) is 3.42. The Morgan fingerprint density at radius 1 is 1.25 bits per heavy atom. The first-order chi connectivity index (χ1) is 13.8. The number of carbonyl (C=O) groups excluding carboxylic acids is 1. The highest BCUT2D eigenvalue weighted by Gasteiger charge is 2.23. The van der Waals surface area contributed by atoms with Crippen LogP contribution in [0.2, 0.25) is 0 Å². The summed E-state index contributed by atoms with van der Waals surface area (Å²) in [6.07, 6.45) is 17.9. The fourth-order valence-corrected chi connectivity index (χ4v) is 4.99. The number of ether oxygens (including phenoxy) is 1. The molecule has 1 saturated carbocycles. The summed E-state index contributed by atoms with van der Waals surface area (Å²) in [5.74, 6) is 7.23.